The van der Waals surface area contributed by atoms with E-state index in [0.29, 0.717) is 11.5 Å². The summed E-state index contributed by atoms with van der Waals surface area (Å²) < 4.78 is 17.3. The smallest absolute Gasteiger partial charge is 0.324 e. The second kappa shape index (κ2) is 7.25. The molecule has 4 nitrogen and oxygen atoms in total. The number of carbonyl (C=O) groups excluding carboxylic acids is 1. The van der Waals surface area contributed by atoms with Crippen molar-refractivity contribution in [3.63, 3.8) is 0 Å². The van der Waals surface area contributed by atoms with Crippen LogP contribution in [-0.4, -0.2) is 19.7 Å². The van der Waals surface area contributed by atoms with Gasteiger partial charge in [0.25, 0.3) is 0 Å². The summed E-state index contributed by atoms with van der Waals surface area (Å²) in [6.07, 6.45) is 0. The topological polar surface area (TPSA) is 44.8 Å². The maximum absolute atomic E-state index is 13.5. The maximum Gasteiger partial charge on any atom is 0.324 e. The van der Waals surface area contributed by atoms with E-state index in [0.717, 1.165) is 16.7 Å². The van der Waals surface area contributed by atoms with Gasteiger partial charge >= 0.3 is 5.97 Å². The van der Waals surface area contributed by atoms with E-state index in [1.807, 2.05) is 78.9 Å². The maximum atomic E-state index is 13.5. The molecule has 0 fully saturated rings. The van der Waals surface area contributed by atoms with E-state index in [4.69, 9.17) is 14.2 Å². The molecule has 0 amide bonds. The summed E-state index contributed by atoms with van der Waals surface area (Å²) in [5.74, 6) is 0.936. The van der Waals surface area contributed by atoms with Crippen molar-refractivity contribution < 1.29 is 19.0 Å². The standard InChI is InChI=1S/C23H20O4/c1-25-16-23(22(24)26-15-17-9-3-2-4-10-17)18-11-5-7-13-20(18)27-21-14-8-6-12-19(21)23/h2-14H,15-16H2,1H3. The van der Waals surface area contributed by atoms with Crippen molar-refractivity contribution in [1.82, 2.24) is 0 Å². The number of hydrogen-bond acceptors (Lipinski definition) is 4. The van der Waals surface area contributed by atoms with E-state index in [9.17, 15) is 4.79 Å². The van der Waals surface area contributed by atoms with E-state index in [2.05, 4.69) is 0 Å². The lowest BCUT2D eigenvalue weighted by molar-refractivity contribution is -0.152. The molecule has 0 saturated carbocycles. The molecular formula is C23H20O4. The third-order valence-electron chi connectivity index (χ3n) is 4.84. The molecule has 0 bridgehead atoms. The molecule has 1 aliphatic heterocycles. The number of ether oxygens (including phenoxy) is 3. The van der Waals surface area contributed by atoms with Gasteiger partial charge in [0.1, 0.15) is 23.5 Å². The van der Waals surface area contributed by atoms with Gasteiger partial charge in [-0.05, 0) is 17.7 Å². The lowest BCUT2D eigenvalue weighted by atomic mass is 9.73. The molecule has 4 heteroatoms. The third kappa shape index (κ3) is 2.98. The second-order valence-electron chi connectivity index (χ2n) is 6.49. The number of benzene rings is 3. The highest BCUT2D eigenvalue weighted by Gasteiger charge is 2.50. The zero-order valence-electron chi connectivity index (χ0n) is 15.1. The number of esters is 1. The zero-order valence-corrected chi connectivity index (χ0v) is 15.1. The molecule has 0 N–H and O–H groups in total. The van der Waals surface area contributed by atoms with Crippen molar-refractivity contribution in [3.8, 4) is 11.5 Å². The summed E-state index contributed by atoms with van der Waals surface area (Å²) in [6, 6.07) is 24.7. The summed E-state index contributed by atoms with van der Waals surface area (Å²) in [4.78, 5) is 13.5. The lowest BCUT2D eigenvalue weighted by Crippen LogP contribution is -2.44. The SMILES string of the molecule is COCC1(C(=O)OCc2ccccc2)c2ccccc2Oc2ccccc21. The van der Waals surface area contributed by atoms with Crippen molar-refractivity contribution in [2.75, 3.05) is 13.7 Å². The van der Waals surface area contributed by atoms with Gasteiger partial charge in [-0.15, -0.1) is 0 Å². The van der Waals surface area contributed by atoms with Gasteiger partial charge < -0.3 is 14.2 Å². The molecule has 3 aromatic rings. The molecule has 3 aromatic carbocycles. The van der Waals surface area contributed by atoms with Crippen LogP contribution in [0.5, 0.6) is 11.5 Å². The summed E-state index contributed by atoms with van der Waals surface area (Å²) in [7, 11) is 1.59. The Kier molecular flexibility index (Phi) is 4.65. The van der Waals surface area contributed by atoms with E-state index >= 15 is 0 Å². The number of rotatable bonds is 5. The number of hydrogen-bond donors (Lipinski definition) is 0. The zero-order chi connectivity index (χ0) is 18.7. The molecule has 1 heterocycles. The summed E-state index contributed by atoms with van der Waals surface area (Å²) in [5.41, 5.74) is 1.37. The van der Waals surface area contributed by atoms with Crippen LogP contribution < -0.4 is 4.74 Å². The van der Waals surface area contributed by atoms with E-state index in [1.165, 1.54) is 0 Å². The third-order valence-corrected chi connectivity index (χ3v) is 4.84. The Labute approximate surface area is 158 Å². The van der Waals surface area contributed by atoms with Crippen LogP contribution in [0, 0.1) is 0 Å². The number of carbonyl (C=O) groups is 1. The first-order valence-electron chi connectivity index (χ1n) is 8.82. The Morgan fingerprint density at radius 1 is 0.852 bits per heavy atom. The van der Waals surface area contributed by atoms with Gasteiger partial charge in [0, 0.05) is 18.2 Å². The van der Waals surface area contributed by atoms with Crippen molar-refractivity contribution in [2.45, 2.75) is 12.0 Å². The summed E-state index contributed by atoms with van der Waals surface area (Å²) >= 11 is 0. The van der Waals surface area contributed by atoms with Crippen molar-refractivity contribution >= 4 is 5.97 Å². The Morgan fingerprint density at radius 2 is 1.41 bits per heavy atom. The highest BCUT2D eigenvalue weighted by atomic mass is 16.5. The number of para-hydroxylation sites is 2. The summed E-state index contributed by atoms with van der Waals surface area (Å²) in [6.45, 7) is 0.369. The average Bonchev–Trinajstić information content (AvgIpc) is 2.72. The first-order chi connectivity index (χ1) is 13.3. The average molecular weight is 360 g/mol. The molecule has 4 rings (SSSR count). The van der Waals surface area contributed by atoms with Crippen LogP contribution in [0.4, 0.5) is 0 Å². The molecule has 0 radical (unpaired) electrons. The minimum absolute atomic E-state index is 0.165. The van der Waals surface area contributed by atoms with Crippen LogP contribution >= 0.6 is 0 Å². The van der Waals surface area contributed by atoms with Gasteiger partial charge in [0.2, 0.25) is 0 Å². The first kappa shape index (κ1) is 17.3. The Bertz CT molecular complexity index is 904. The van der Waals surface area contributed by atoms with Gasteiger partial charge in [0.15, 0.2) is 0 Å². The van der Waals surface area contributed by atoms with E-state index in [-0.39, 0.29) is 19.2 Å². The molecule has 0 aliphatic carbocycles. The monoisotopic (exact) mass is 360 g/mol. The fourth-order valence-electron chi connectivity index (χ4n) is 3.58. The minimum Gasteiger partial charge on any atom is -0.460 e. The quantitative estimate of drug-likeness (QED) is 0.630. The highest BCUT2D eigenvalue weighted by molar-refractivity contribution is 5.91. The molecular weight excluding hydrogens is 340 g/mol. The number of fused-ring (bicyclic) bond motifs is 2. The molecule has 136 valence electrons. The molecule has 0 spiro atoms. The van der Waals surface area contributed by atoms with Gasteiger partial charge in [-0.3, -0.25) is 4.79 Å². The van der Waals surface area contributed by atoms with Crippen molar-refractivity contribution in [1.29, 1.82) is 0 Å². The normalized spacial score (nSPS) is 13.8. The molecule has 27 heavy (non-hydrogen) atoms. The largest absolute Gasteiger partial charge is 0.460 e. The van der Waals surface area contributed by atoms with Crippen molar-refractivity contribution in [3.05, 3.63) is 95.6 Å². The predicted octanol–water partition coefficient (Wildman–Crippen LogP) is 4.47. The first-order valence-corrected chi connectivity index (χ1v) is 8.82. The predicted molar refractivity (Wildman–Crippen MR) is 102 cm³/mol. The van der Waals surface area contributed by atoms with Crippen LogP contribution in [0.1, 0.15) is 16.7 Å². The van der Waals surface area contributed by atoms with E-state index < -0.39 is 5.41 Å². The minimum atomic E-state index is -1.07. The van der Waals surface area contributed by atoms with Crippen LogP contribution in [0.2, 0.25) is 0 Å². The van der Waals surface area contributed by atoms with Crippen molar-refractivity contribution in [2.24, 2.45) is 0 Å². The number of methoxy groups -OCH3 is 1. The molecule has 0 aromatic heterocycles. The lowest BCUT2D eigenvalue weighted by Gasteiger charge is -2.37. The Balaban J connectivity index is 1.79. The van der Waals surface area contributed by atoms with Gasteiger partial charge in [-0.25, -0.2) is 0 Å². The van der Waals surface area contributed by atoms with Gasteiger partial charge in [0.05, 0.1) is 6.61 Å². The molecule has 1 aliphatic rings. The van der Waals surface area contributed by atoms with E-state index in [1.54, 1.807) is 7.11 Å². The second-order valence-corrected chi connectivity index (χ2v) is 6.49. The Morgan fingerprint density at radius 3 is 2.00 bits per heavy atom. The molecule has 0 saturated heterocycles. The van der Waals surface area contributed by atoms with Crippen LogP contribution in [0.25, 0.3) is 0 Å². The van der Waals surface area contributed by atoms with Crippen LogP contribution in [-0.2, 0) is 26.3 Å². The van der Waals surface area contributed by atoms with Gasteiger partial charge in [-0.1, -0.05) is 66.7 Å². The fourth-order valence-corrected chi connectivity index (χ4v) is 3.58. The van der Waals surface area contributed by atoms with Gasteiger partial charge in [-0.2, -0.15) is 0 Å². The molecule has 0 unspecified atom stereocenters. The fraction of sp³-hybridized carbons (Fsp3) is 0.174. The van der Waals surface area contributed by atoms with Crippen LogP contribution in [0.3, 0.4) is 0 Å². The molecule has 0 atom stereocenters. The Hall–Kier alpha value is -3.11. The van der Waals surface area contributed by atoms with Crippen LogP contribution in [0.15, 0.2) is 78.9 Å². The highest BCUT2D eigenvalue weighted by Crippen LogP contribution is 2.48. The summed E-state index contributed by atoms with van der Waals surface area (Å²) in [5, 5.41) is 0.